The third kappa shape index (κ3) is 5.80. The molecule has 3 unspecified atom stereocenters. The second-order valence-electron chi connectivity index (χ2n) is 11.8. The van der Waals surface area contributed by atoms with Gasteiger partial charge in [-0.25, -0.2) is 9.07 Å². The molecule has 218 valence electrons. The van der Waals surface area contributed by atoms with Gasteiger partial charge in [-0.05, 0) is 104 Å². The highest BCUT2D eigenvalue weighted by molar-refractivity contribution is 5.79. The predicted octanol–water partition coefficient (Wildman–Crippen LogP) is 4.14. The van der Waals surface area contributed by atoms with Gasteiger partial charge in [-0.2, -0.15) is 0 Å². The van der Waals surface area contributed by atoms with E-state index in [2.05, 4.69) is 43.3 Å². The van der Waals surface area contributed by atoms with E-state index in [0.29, 0.717) is 11.8 Å². The Hall–Kier alpha value is -3.53. The molecular formula is C31H40FN7O2. The van der Waals surface area contributed by atoms with E-state index in [9.17, 15) is 9.18 Å². The van der Waals surface area contributed by atoms with Crippen molar-refractivity contribution in [2.75, 3.05) is 51.8 Å². The number of piperidine rings is 1. The number of benzene rings is 2. The van der Waals surface area contributed by atoms with Gasteiger partial charge >= 0.3 is 0 Å². The number of anilines is 1. The van der Waals surface area contributed by atoms with Crippen LogP contribution in [0, 0.1) is 17.7 Å². The zero-order valence-electron chi connectivity index (χ0n) is 24.0. The van der Waals surface area contributed by atoms with Gasteiger partial charge in [-0.15, -0.1) is 5.10 Å². The Morgan fingerprint density at radius 1 is 1.02 bits per heavy atom. The molecule has 1 aromatic heterocycles. The third-order valence-corrected chi connectivity index (χ3v) is 9.51. The van der Waals surface area contributed by atoms with Crippen molar-refractivity contribution >= 4 is 11.6 Å². The normalized spacial score (nSPS) is 23.7. The van der Waals surface area contributed by atoms with E-state index in [1.165, 1.54) is 5.56 Å². The Kier molecular flexibility index (Phi) is 8.18. The molecule has 3 atom stereocenters. The van der Waals surface area contributed by atoms with Crippen molar-refractivity contribution in [3.05, 3.63) is 60.2 Å². The summed E-state index contributed by atoms with van der Waals surface area (Å²) in [6.45, 7) is 4.76. The van der Waals surface area contributed by atoms with Crippen molar-refractivity contribution in [2.24, 2.45) is 11.8 Å². The number of aromatic nitrogens is 4. The van der Waals surface area contributed by atoms with Crippen LogP contribution in [0.2, 0.25) is 0 Å². The molecule has 1 saturated carbocycles. The maximum Gasteiger partial charge on any atom is 0.225 e. The van der Waals surface area contributed by atoms with Gasteiger partial charge in [0.25, 0.3) is 0 Å². The summed E-state index contributed by atoms with van der Waals surface area (Å²) in [5.74, 6) is 1.76. The highest BCUT2D eigenvalue weighted by Gasteiger charge is 2.41. The monoisotopic (exact) mass is 561 g/mol. The Morgan fingerprint density at radius 3 is 2.46 bits per heavy atom. The number of likely N-dealkylation sites (N-methyl/N-ethyl adjacent to an activating group) is 1. The van der Waals surface area contributed by atoms with Crippen LogP contribution in [0.3, 0.4) is 0 Å². The predicted molar refractivity (Wildman–Crippen MR) is 155 cm³/mol. The van der Waals surface area contributed by atoms with Crippen LogP contribution >= 0.6 is 0 Å². The molecule has 0 bridgehead atoms. The summed E-state index contributed by atoms with van der Waals surface area (Å²) in [5.41, 5.74) is 3.00. The second-order valence-corrected chi connectivity index (χ2v) is 11.8. The first-order valence-corrected chi connectivity index (χ1v) is 14.9. The number of hydrogen-bond acceptors (Lipinski definition) is 7. The Bertz CT molecular complexity index is 1300. The number of carbonyl (C=O) groups is 1. The van der Waals surface area contributed by atoms with Crippen LogP contribution in [0.1, 0.15) is 50.0 Å². The third-order valence-electron chi connectivity index (χ3n) is 9.51. The molecule has 1 amide bonds. The minimum atomic E-state index is -0.214. The fraction of sp³-hybridized carbons (Fsp3) is 0.548. The molecule has 2 aliphatic heterocycles. The summed E-state index contributed by atoms with van der Waals surface area (Å²) in [7, 11) is 3.82. The molecule has 3 aromatic rings. The molecular weight excluding hydrogens is 521 g/mol. The van der Waals surface area contributed by atoms with E-state index < -0.39 is 0 Å². The van der Waals surface area contributed by atoms with Crippen LogP contribution in [0.15, 0.2) is 48.8 Å². The van der Waals surface area contributed by atoms with Crippen molar-refractivity contribution in [1.82, 2.24) is 30.0 Å². The Morgan fingerprint density at radius 2 is 1.78 bits per heavy atom. The SMILES string of the molecule is COc1ccc(-n2cnnn2)cc1N(C)C1CCC(CN2CCC(C(=O)N3CCCC3)CC2)C1c1ccc(F)cc1. The van der Waals surface area contributed by atoms with Gasteiger partial charge in [-0.1, -0.05) is 12.1 Å². The van der Waals surface area contributed by atoms with Crippen molar-refractivity contribution in [3.63, 3.8) is 0 Å². The first-order chi connectivity index (χ1) is 20.0. The number of ether oxygens (including phenoxy) is 1. The number of nitrogens with zero attached hydrogens (tertiary/aromatic N) is 7. The summed E-state index contributed by atoms with van der Waals surface area (Å²) in [4.78, 5) is 19.9. The minimum absolute atomic E-state index is 0.166. The van der Waals surface area contributed by atoms with Crippen LogP contribution in [-0.2, 0) is 4.79 Å². The van der Waals surface area contributed by atoms with E-state index in [1.54, 1.807) is 30.3 Å². The lowest BCUT2D eigenvalue weighted by Gasteiger charge is -2.38. The highest BCUT2D eigenvalue weighted by atomic mass is 19.1. The minimum Gasteiger partial charge on any atom is -0.495 e. The number of methoxy groups -OCH3 is 1. The smallest absolute Gasteiger partial charge is 0.225 e. The fourth-order valence-electron chi connectivity index (χ4n) is 7.32. The molecule has 3 aliphatic rings. The topological polar surface area (TPSA) is 79.6 Å². The number of likely N-dealkylation sites (tertiary alicyclic amines) is 2. The van der Waals surface area contributed by atoms with E-state index in [4.69, 9.17) is 4.74 Å². The summed E-state index contributed by atoms with van der Waals surface area (Å²) < 4.78 is 21.4. The zero-order chi connectivity index (χ0) is 28.3. The average molecular weight is 562 g/mol. The van der Waals surface area contributed by atoms with Crippen LogP contribution in [0.5, 0.6) is 5.75 Å². The second kappa shape index (κ2) is 12.1. The molecule has 0 N–H and O–H groups in total. The zero-order valence-corrected chi connectivity index (χ0v) is 24.0. The molecule has 3 fully saturated rings. The van der Waals surface area contributed by atoms with Gasteiger partial charge in [0.2, 0.25) is 5.91 Å². The molecule has 6 rings (SSSR count). The maximum absolute atomic E-state index is 14.0. The fourth-order valence-corrected chi connectivity index (χ4v) is 7.32. The van der Waals surface area contributed by atoms with Crippen molar-refractivity contribution in [3.8, 4) is 11.4 Å². The largest absolute Gasteiger partial charge is 0.495 e. The van der Waals surface area contributed by atoms with Gasteiger partial charge in [-0.3, -0.25) is 4.79 Å². The highest BCUT2D eigenvalue weighted by Crippen LogP contribution is 2.46. The maximum atomic E-state index is 14.0. The molecule has 10 heteroatoms. The van der Waals surface area contributed by atoms with Crippen LogP contribution in [0.25, 0.3) is 5.69 Å². The number of amides is 1. The van der Waals surface area contributed by atoms with Crippen molar-refractivity contribution in [1.29, 1.82) is 0 Å². The lowest BCUT2D eigenvalue weighted by Crippen LogP contribution is -2.44. The number of carbonyl (C=O) groups excluding carboxylic acids is 1. The van der Waals surface area contributed by atoms with Gasteiger partial charge in [0.1, 0.15) is 17.9 Å². The standard InChI is InChI=1S/C31H40FN7O2/c1-36(28-19-26(10-12-29(28)41-2)39-21-33-34-35-39)27-11-7-24(30(27)22-5-8-25(32)9-6-22)20-37-17-13-23(14-18-37)31(40)38-15-3-4-16-38/h5-6,8-10,12,19,21,23-24,27,30H,3-4,7,11,13-18,20H2,1-2H3. The van der Waals surface area contributed by atoms with Crippen LogP contribution in [0.4, 0.5) is 10.1 Å². The van der Waals surface area contributed by atoms with Crippen molar-refractivity contribution in [2.45, 2.75) is 50.5 Å². The quantitative estimate of drug-likeness (QED) is 0.409. The van der Waals surface area contributed by atoms with Crippen molar-refractivity contribution < 1.29 is 13.9 Å². The first-order valence-electron chi connectivity index (χ1n) is 14.9. The molecule has 41 heavy (non-hydrogen) atoms. The lowest BCUT2D eigenvalue weighted by atomic mass is 9.84. The summed E-state index contributed by atoms with van der Waals surface area (Å²) in [6.07, 6.45) is 7.84. The number of tetrazole rings is 1. The Balaban J connectivity index is 1.21. The summed E-state index contributed by atoms with van der Waals surface area (Å²) >= 11 is 0. The summed E-state index contributed by atoms with van der Waals surface area (Å²) in [5, 5.41) is 11.6. The first kappa shape index (κ1) is 27.6. The Labute approximate surface area is 241 Å². The van der Waals surface area contributed by atoms with E-state index >= 15 is 0 Å². The molecule has 3 heterocycles. The van der Waals surface area contributed by atoms with E-state index in [-0.39, 0.29) is 23.7 Å². The van der Waals surface area contributed by atoms with Crippen LogP contribution < -0.4 is 9.64 Å². The molecule has 2 aromatic carbocycles. The van der Waals surface area contributed by atoms with Gasteiger partial charge < -0.3 is 19.4 Å². The van der Waals surface area contributed by atoms with Crippen LogP contribution in [-0.4, -0.2) is 88.8 Å². The average Bonchev–Trinajstić information content (AvgIpc) is 3.80. The van der Waals surface area contributed by atoms with Gasteiger partial charge in [0, 0.05) is 44.6 Å². The molecule has 0 spiro atoms. The van der Waals surface area contributed by atoms with E-state index in [0.717, 1.165) is 88.4 Å². The number of rotatable bonds is 8. The molecule has 9 nitrogen and oxygen atoms in total. The molecule has 0 radical (unpaired) electrons. The lowest BCUT2D eigenvalue weighted by molar-refractivity contribution is -0.136. The number of halogens is 1. The molecule has 2 saturated heterocycles. The van der Waals surface area contributed by atoms with E-state index in [1.807, 2.05) is 24.3 Å². The molecule has 1 aliphatic carbocycles. The summed E-state index contributed by atoms with van der Waals surface area (Å²) in [6, 6.07) is 13.2. The van der Waals surface area contributed by atoms with Gasteiger partial charge in [0.05, 0.1) is 18.5 Å². The van der Waals surface area contributed by atoms with Gasteiger partial charge in [0.15, 0.2) is 0 Å². The number of hydrogen-bond donors (Lipinski definition) is 0.